The molecule has 1 N–H and O–H groups in total. The molecule has 0 saturated carbocycles. The molecular formula is C17H26N2O. The third kappa shape index (κ3) is 6.58. The van der Waals surface area contributed by atoms with Gasteiger partial charge < -0.3 is 10.1 Å². The Morgan fingerprint density at radius 1 is 1.15 bits per heavy atom. The third-order valence-corrected chi connectivity index (χ3v) is 3.36. The molecule has 0 fully saturated rings. The van der Waals surface area contributed by atoms with Crippen LogP contribution in [-0.4, -0.2) is 12.6 Å². The quantitative estimate of drug-likeness (QED) is 0.700. The minimum Gasteiger partial charge on any atom is -0.479 e. The zero-order chi connectivity index (χ0) is 14.6. The molecule has 1 aromatic rings. The molecule has 0 bridgehead atoms. The SMILES string of the molecule is CCCCC(CCC)NCc1ccc(OCC#N)cc1. The molecule has 0 spiro atoms. The number of benzene rings is 1. The second-order valence-electron chi connectivity index (χ2n) is 5.10. The predicted octanol–water partition coefficient (Wildman–Crippen LogP) is 4.04. The first-order valence-corrected chi connectivity index (χ1v) is 7.62. The smallest absolute Gasteiger partial charge is 0.174 e. The van der Waals surface area contributed by atoms with E-state index in [0.29, 0.717) is 6.04 Å². The van der Waals surface area contributed by atoms with Crippen molar-refractivity contribution in [2.75, 3.05) is 6.61 Å². The normalized spacial score (nSPS) is 11.8. The predicted molar refractivity (Wildman–Crippen MR) is 82.6 cm³/mol. The van der Waals surface area contributed by atoms with Crippen molar-refractivity contribution in [2.45, 2.75) is 58.5 Å². The van der Waals surface area contributed by atoms with Crippen molar-refractivity contribution in [3.8, 4) is 11.8 Å². The highest BCUT2D eigenvalue weighted by molar-refractivity contribution is 5.27. The van der Waals surface area contributed by atoms with Crippen LogP contribution in [0.1, 0.15) is 51.5 Å². The van der Waals surface area contributed by atoms with E-state index in [2.05, 4.69) is 31.3 Å². The summed E-state index contributed by atoms with van der Waals surface area (Å²) in [4.78, 5) is 0. The minimum absolute atomic E-state index is 0.104. The van der Waals surface area contributed by atoms with Crippen molar-refractivity contribution in [1.82, 2.24) is 5.32 Å². The lowest BCUT2D eigenvalue weighted by Gasteiger charge is -2.18. The number of hydrogen-bond donors (Lipinski definition) is 1. The molecule has 0 aliphatic rings. The molecule has 0 heterocycles. The molecule has 1 rings (SSSR count). The van der Waals surface area contributed by atoms with Crippen molar-refractivity contribution in [3.05, 3.63) is 29.8 Å². The summed E-state index contributed by atoms with van der Waals surface area (Å²) in [6, 6.07) is 10.6. The summed E-state index contributed by atoms with van der Waals surface area (Å²) in [5.74, 6) is 0.756. The van der Waals surface area contributed by atoms with Gasteiger partial charge in [0.25, 0.3) is 0 Å². The van der Waals surface area contributed by atoms with E-state index in [9.17, 15) is 0 Å². The van der Waals surface area contributed by atoms with Gasteiger partial charge in [-0.1, -0.05) is 45.2 Å². The molecule has 1 atom stereocenters. The van der Waals surface area contributed by atoms with Crippen LogP contribution in [0.5, 0.6) is 5.75 Å². The van der Waals surface area contributed by atoms with Gasteiger partial charge in [0.15, 0.2) is 6.61 Å². The van der Waals surface area contributed by atoms with Gasteiger partial charge in [-0.25, -0.2) is 0 Å². The summed E-state index contributed by atoms with van der Waals surface area (Å²) >= 11 is 0. The number of hydrogen-bond acceptors (Lipinski definition) is 3. The Bertz CT molecular complexity index is 394. The van der Waals surface area contributed by atoms with Crippen LogP contribution in [0.3, 0.4) is 0 Å². The number of rotatable bonds is 10. The van der Waals surface area contributed by atoms with E-state index in [1.54, 1.807) is 0 Å². The molecule has 0 amide bonds. The highest BCUT2D eigenvalue weighted by Crippen LogP contribution is 2.13. The fraction of sp³-hybridized carbons (Fsp3) is 0.588. The molecule has 110 valence electrons. The summed E-state index contributed by atoms with van der Waals surface area (Å²) in [7, 11) is 0. The van der Waals surface area contributed by atoms with Gasteiger partial charge in [-0.3, -0.25) is 0 Å². The summed E-state index contributed by atoms with van der Waals surface area (Å²) in [6.45, 7) is 5.48. The number of ether oxygens (including phenoxy) is 1. The lowest BCUT2D eigenvalue weighted by Crippen LogP contribution is -2.28. The molecule has 20 heavy (non-hydrogen) atoms. The molecule has 0 aliphatic carbocycles. The van der Waals surface area contributed by atoms with E-state index in [1.807, 2.05) is 18.2 Å². The summed E-state index contributed by atoms with van der Waals surface area (Å²) < 4.78 is 5.25. The van der Waals surface area contributed by atoms with Crippen LogP contribution < -0.4 is 10.1 Å². The highest BCUT2D eigenvalue weighted by atomic mass is 16.5. The van der Waals surface area contributed by atoms with Gasteiger partial charge in [0.2, 0.25) is 0 Å². The van der Waals surface area contributed by atoms with E-state index in [1.165, 1.54) is 37.7 Å². The third-order valence-electron chi connectivity index (χ3n) is 3.36. The first-order valence-electron chi connectivity index (χ1n) is 7.62. The van der Waals surface area contributed by atoms with Crippen LogP contribution in [0, 0.1) is 11.3 Å². The molecule has 0 aromatic heterocycles. The van der Waals surface area contributed by atoms with Crippen molar-refractivity contribution < 1.29 is 4.74 Å². The van der Waals surface area contributed by atoms with Crippen LogP contribution in [0.2, 0.25) is 0 Å². The molecule has 3 heteroatoms. The topological polar surface area (TPSA) is 45.0 Å². The second kappa shape index (κ2) is 10.3. The fourth-order valence-corrected chi connectivity index (χ4v) is 2.23. The molecule has 0 radical (unpaired) electrons. The van der Waals surface area contributed by atoms with Gasteiger partial charge in [-0.15, -0.1) is 0 Å². The van der Waals surface area contributed by atoms with Crippen LogP contribution in [-0.2, 0) is 6.54 Å². The largest absolute Gasteiger partial charge is 0.479 e. The van der Waals surface area contributed by atoms with Crippen molar-refractivity contribution >= 4 is 0 Å². The molecule has 1 unspecified atom stereocenters. The maximum Gasteiger partial charge on any atom is 0.174 e. The molecular weight excluding hydrogens is 248 g/mol. The Balaban J connectivity index is 2.40. The van der Waals surface area contributed by atoms with E-state index in [0.717, 1.165) is 12.3 Å². The van der Waals surface area contributed by atoms with E-state index >= 15 is 0 Å². The lowest BCUT2D eigenvalue weighted by atomic mass is 10.0. The summed E-state index contributed by atoms with van der Waals surface area (Å²) in [6.07, 6.45) is 6.27. The first-order chi connectivity index (χ1) is 9.80. The number of nitriles is 1. The second-order valence-corrected chi connectivity index (χ2v) is 5.10. The Morgan fingerprint density at radius 3 is 2.50 bits per heavy atom. The van der Waals surface area contributed by atoms with Gasteiger partial charge in [0.1, 0.15) is 11.8 Å². The summed E-state index contributed by atoms with van der Waals surface area (Å²) in [5, 5.41) is 12.1. The Labute approximate surface area is 123 Å². The Hall–Kier alpha value is -1.53. The standard InChI is InChI=1S/C17H26N2O/c1-3-5-7-16(6-4-2)19-14-15-8-10-17(11-9-15)20-13-12-18/h8-11,16,19H,3-7,13-14H2,1-2H3. The molecule has 0 aliphatic heterocycles. The van der Waals surface area contributed by atoms with Crippen LogP contribution in [0.15, 0.2) is 24.3 Å². The molecule has 1 aromatic carbocycles. The lowest BCUT2D eigenvalue weighted by molar-refractivity contribution is 0.368. The summed E-state index contributed by atoms with van der Waals surface area (Å²) in [5.41, 5.74) is 1.26. The van der Waals surface area contributed by atoms with Crippen molar-refractivity contribution in [1.29, 1.82) is 5.26 Å². The highest BCUT2D eigenvalue weighted by Gasteiger charge is 2.06. The van der Waals surface area contributed by atoms with Gasteiger partial charge >= 0.3 is 0 Å². The van der Waals surface area contributed by atoms with Gasteiger partial charge in [0.05, 0.1) is 0 Å². The number of unbranched alkanes of at least 4 members (excludes halogenated alkanes) is 1. The molecule has 0 saturated heterocycles. The van der Waals surface area contributed by atoms with Gasteiger partial charge in [-0.05, 0) is 30.5 Å². The molecule has 3 nitrogen and oxygen atoms in total. The van der Waals surface area contributed by atoms with Crippen molar-refractivity contribution in [3.63, 3.8) is 0 Å². The van der Waals surface area contributed by atoms with E-state index in [-0.39, 0.29) is 6.61 Å². The average Bonchev–Trinajstić information content (AvgIpc) is 2.49. The van der Waals surface area contributed by atoms with E-state index < -0.39 is 0 Å². The first kappa shape index (κ1) is 16.5. The zero-order valence-electron chi connectivity index (χ0n) is 12.7. The Morgan fingerprint density at radius 2 is 1.90 bits per heavy atom. The monoisotopic (exact) mass is 274 g/mol. The average molecular weight is 274 g/mol. The van der Waals surface area contributed by atoms with Gasteiger partial charge in [-0.2, -0.15) is 5.26 Å². The zero-order valence-corrected chi connectivity index (χ0v) is 12.7. The Kier molecular flexibility index (Phi) is 8.49. The fourth-order valence-electron chi connectivity index (χ4n) is 2.23. The van der Waals surface area contributed by atoms with Crippen LogP contribution in [0.4, 0.5) is 0 Å². The number of nitrogens with one attached hydrogen (secondary N) is 1. The van der Waals surface area contributed by atoms with Crippen LogP contribution in [0.25, 0.3) is 0 Å². The number of nitrogens with zero attached hydrogens (tertiary/aromatic N) is 1. The minimum atomic E-state index is 0.104. The van der Waals surface area contributed by atoms with E-state index in [4.69, 9.17) is 10.00 Å². The van der Waals surface area contributed by atoms with Crippen LogP contribution >= 0.6 is 0 Å². The maximum absolute atomic E-state index is 8.46. The van der Waals surface area contributed by atoms with Crippen molar-refractivity contribution in [2.24, 2.45) is 0 Å². The van der Waals surface area contributed by atoms with Gasteiger partial charge in [0, 0.05) is 12.6 Å². The maximum atomic E-state index is 8.46.